The molecule has 0 aromatic heterocycles. The second-order valence-electron chi connectivity index (χ2n) is 31.7. The fourth-order valence-corrected chi connectivity index (χ4v) is 14.7. The standard InChI is InChI=1S/C94H88O10/c1-15-101-87(97)81-65-43-61-47-69(91(3,4)5)49-63(79(61)85(95)55-33-37-73(38-34-55)103-89(99)83-75-29-21-17-25-57(75)41-58-26-18-22-30-76(58)83)45-67-53-72(94(12,13)14)54-68(82(67)88(98)102-16-2)46-64-50-70(92(6,7)8)48-62(44-66(81)52-71(51-65)93(9,10)11)80(64)86(96)56-35-39-74(40-36-56)104-90(100)84-77-31-23-19-27-59(77)42-60-28-20-24-32-78(60)84/h17-42,47-54H,15-16,43-46H2,1-14H3. The highest BCUT2D eigenvalue weighted by Crippen LogP contribution is 2.42. The molecule has 0 atom stereocenters. The van der Waals surface area contributed by atoms with Crippen molar-refractivity contribution in [3.8, 4) is 11.5 Å². The maximum absolute atomic E-state index is 16.4. The molecule has 1 aliphatic carbocycles. The monoisotopic (exact) mass is 1380 g/mol. The van der Waals surface area contributed by atoms with Gasteiger partial charge in [-0.25, -0.2) is 19.2 Å². The summed E-state index contributed by atoms with van der Waals surface area (Å²) in [7, 11) is 0. The molecule has 1 aliphatic rings. The van der Waals surface area contributed by atoms with Gasteiger partial charge in [0, 0.05) is 22.3 Å². The summed E-state index contributed by atoms with van der Waals surface area (Å²) < 4.78 is 24.7. The second-order valence-corrected chi connectivity index (χ2v) is 31.7. The van der Waals surface area contributed by atoms with Gasteiger partial charge in [0.25, 0.3) is 0 Å². The number of carbonyl (C=O) groups excluding carboxylic acids is 6. The van der Waals surface area contributed by atoms with Crippen LogP contribution in [0.25, 0.3) is 43.1 Å². The van der Waals surface area contributed by atoms with E-state index in [0.29, 0.717) is 89.0 Å². The number of hydrogen-bond donors (Lipinski definition) is 0. The lowest BCUT2D eigenvalue weighted by molar-refractivity contribution is 0.0514. The van der Waals surface area contributed by atoms with E-state index in [-0.39, 0.29) is 62.0 Å². The zero-order valence-electron chi connectivity index (χ0n) is 62.0. The topological polar surface area (TPSA) is 139 Å². The van der Waals surface area contributed by atoms with Crippen LogP contribution in [0.4, 0.5) is 0 Å². The molecule has 0 amide bonds. The van der Waals surface area contributed by atoms with E-state index in [2.05, 4.69) is 144 Å². The molecule has 13 rings (SSSR count). The molecule has 10 heteroatoms. The quantitative estimate of drug-likeness (QED) is 0.0503. The van der Waals surface area contributed by atoms with E-state index in [1.54, 1.807) is 62.4 Å². The molecule has 0 saturated carbocycles. The van der Waals surface area contributed by atoms with Crippen LogP contribution in [-0.2, 0) is 56.8 Å². The maximum Gasteiger partial charge on any atom is 0.344 e. The summed E-state index contributed by atoms with van der Waals surface area (Å²) in [4.78, 5) is 92.6. The molecule has 0 saturated heterocycles. The van der Waals surface area contributed by atoms with E-state index < -0.39 is 45.5 Å². The van der Waals surface area contributed by atoms with Gasteiger partial charge in [-0.15, -0.1) is 0 Å². The zero-order chi connectivity index (χ0) is 73.9. The molecule has 0 unspecified atom stereocenters. The lowest BCUT2D eigenvalue weighted by Gasteiger charge is -2.29. The molecule has 10 nitrogen and oxygen atoms in total. The SMILES string of the molecule is CCOC(=O)c1c2cc(C(C)(C)C)cc1Cc1cc(C(C)(C)C)cc(c1C(=O)c1ccc(OC(=O)c3c4ccccc4cc4ccccc34)cc1)Cc1cc(C(C)(C)C)cc(c1C(=O)OCC)Cc1cc(C(C)(C)C)cc(c1C(=O)c1ccc(OC(=O)c3c4ccccc4cc4ccccc34)cc1)C2. The van der Waals surface area contributed by atoms with Gasteiger partial charge in [0.15, 0.2) is 11.6 Å². The number of esters is 4. The average Bonchev–Trinajstić information content (AvgIpc) is 0.750. The summed E-state index contributed by atoms with van der Waals surface area (Å²) >= 11 is 0. The van der Waals surface area contributed by atoms with Crippen molar-refractivity contribution < 1.29 is 47.7 Å². The minimum absolute atomic E-state index is 0.0737. The van der Waals surface area contributed by atoms with Gasteiger partial charge in [-0.1, -0.05) is 229 Å². The molecule has 0 heterocycles. The number of rotatable bonds is 12. The smallest absolute Gasteiger partial charge is 0.344 e. The molecule has 104 heavy (non-hydrogen) atoms. The van der Waals surface area contributed by atoms with Gasteiger partial charge in [-0.05, 0) is 232 Å². The Morgan fingerprint density at radius 1 is 0.279 bits per heavy atom. The van der Waals surface area contributed by atoms with Crippen LogP contribution >= 0.6 is 0 Å². The second kappa shape index (κ2) is 27.9. The first kappa shape index (κ1) is 71.3. The number of ether oxygens (including phenoxy) is 4. The van der Waals surface area contributed by atoms with Crippen molar-refractivity contribution in [1.82, 2.24) is 0 Å². The Morgan fingerprint density at radius 3 is 0.740 bits per heavy atom. The van der Waals surface area contributed by atoms with E-state index in [0.717, 1.165) is 65.3 Å². The highest BCUT2D eigenvalue weighted by Gasteiger charge is 2.34. The summed E-state index contributed by atoms with van der Waals surface area (Å²) in [6, 6.07) is 65.0. The molecular weight excluding hydrogens is 1290 g/mol. The Balaban J connectivity index is 1.01. The molecule has 0 radical (unpaired) electrons. The Morgan fingerprint density at radius 2 is 0.510 bits per heavy atom. The van der Waals surface area contributed by atoms with E-state index in [9.17, 15) is 9.59 Å². The van der Waals surface area contributed by atoms with Gasteiger partial charge in [0.05, 0.1) is 35.5 Å². The predicted molar refractivity (Wildman–Crippen MR) is 416 cm³/mol. The van der Waals surface area contributed by atoms with Crippen LogP contribution in [0.3, 0.4) is 0 Å². The molecule has 524 valence electrons. The number of benzene rings is 12. The third kappa shape index (κ3) is 14.3. The van der Waals surface area contributed by atoms with Gasteiger partial charge in [-0.2, -0.15) is 0 Å². The van der Waals surface area contributed by atoms with Gasteiger partial charge in [0.2, 0.25) is 0 Å². The number of carbonyl (C=O) groups is 6. The van der Waals surface area contributed by atoms with E-state index in [4.69, 9.17) is 18.9 Å². The first-order chi connectivity index (χ1) is 49.4. The first-order valence-electron chi connectivity index (χ1n) is 36.0. The van der Waals surface area contributed by atoms with Crippen molar-refractivity contribution in [1.29, 1.82) is 0 Å². The maximum atomic E-state index is 16.4. The van der Waals surface area contributed by atoms with Crippen molar-refractivity contribution in [2.45, 2.75) is 144 Å². The minimum atomic E-state index is -0.550. The van der Waals surface area contributed by atoms with Gasteiger partial charge in [0.1, 0.15) is 11.5 Å². The molecule has 0 N–H and O–H groups in total. The highest BCUT2D eigenvalue weighted by molar-refractivity contribution is 6.19. The van der Waals surface area contributed by atoms with Crippen LogP contribution in [0, 0.1) is 0 Å². The molecule has 12 aromatic carbocycles. The Hall–Kier alpha value is -11.1. The summed E-state index contributed by atoms with van der Waals surface area (Å²) in [6.07, 6.45) is 0.343. The fourth-order valence-electron chi connectivity index (χ4n) is 14.7. The highest BCUT2D eigenvalue weighted by atomic mass is 16.5. The lowest BCUT2D eigenvalue weighted by atomic mass is 9.75. The van der Waals surface area contributed by atoms with Crippen molar-refractivity contribution in [2.75, 3.05) is 13.2 Å². The third-order valence-electron chi connectivity index (χ3n) is 20.2. The van der Waals surface area contributed by atoms with Crippen LogP contribution in [-0.4, -0.2) is 48.7 Å². The van der Waals surface area contributed by atoms with Crippen LogP contribution < -0.4 is 9.47 Å². The van der Waals surface area contributed by atoms with Crippen molar-refractivity contribution in [3.63, 3.8) is 0 Å². The molecule has 8 bridgehead atoms. The molecular formula is C94H88O10. The first-order valence-corrected chi connectivity index (χ1v) is 36.0. The Labute approximate surface area is 609 Å². The number of hydrogen-bond acceptors (Lipinski definition) is 10. The van der Waals surface area contributed by atoms with E-state index >= 15 is 19.2 Å². The third-order valence-corrected chi connectivity index (χ3v) is 20.2. The Kier molecular flexibility index (Phi) is 19.1. The van der Waals surface area contributed by atoms with Crippen LogP contribution in [0.2, 0.25) is 0 Å². The molecule has 0 spiro atoms. The van der Waals surface area contributed by atoms with E-state index in [1.807, 2.05) is 97.1 Å². The zero-order valence-corrected chi connectivity index (χ0v) is 62.0. The summed E-state index contributed by atoms with van der Waals surface area (Å²) in [6.45, 7) is 29.3. The van der Waals surface area contributed by atoms with E-state index in [1.165, 1.54) is 0 Å². The van der Waals surface area contributed by atoms with Gasteiger partial charge >= 0.3 is 23.9 Å². The summed E-state index contributed by atoms with van der Waals surface area (Å²) in [5.41, 5.74) is 9.77. The van der Waals surface area contributed by atoms with Crippen LogP contribution in [0.1, 0.15) is 237 Å². The van der Waals surface area contributed by atoms with Crippen molar-refractivity contribution in [3.05, 3.63) is 318 Å². The largest absolute Gasteiger partial charge is 0.462 e. The average molecular weight is 1380 g/mol. The normalized spacial score (nSPS) is 12.7. The molecule has 12 aromatic rings. The lowest BCUT2D eigenvalue weighted by Crippen LogP contribution is -2.22. The number of ketones is 2. The minimum Gasteiger partial charge on any atom is -0.462 e. The summed E-state index contributed by atoms with van der Waals surface area (Å²) in [5.74, 6) is -2.31. The van der Waals surface area contributed by atoms with Crippen LogP contribution in [0.15, 0.2) is 206 Å². The van der Waals surface area contributed by atoms with Gasteiger partial charge in [-0.3, -0.25) is 9.59 Å². The number of fused-ring (bicyclic) bond motifs is 12. The van der Waals surface area contributed by atoms with Gasteiger partial charge < -0.3 is 18.9 Å². The fraction of sp³-hybridized carbons (Fsp3) is 0.255. The van der Waals surface area contributed by atoms with Crippen LogP contribution in [0.5, 0.6) is 11.5 Å². The molecule has 0 fully saturated rings. The predicted octanol–water partition coefficient (Wildman–Crippen LogP) is 21.4. The van der Waals surface area contributed by atoms with Crippen molar-refractivity contribution in [2.24, 2.45) is 0 Å². The summed E-state index contributed by atoms with van der Waals surface area (Å²) in [5, 5.41) is 6.63. The van der Waals surface area contributed by atoms with Crippen molar-refractivity contribution >= 4 is 78.5 Å². The molecule has 0 aliphatic heterocycles. The Bertz CT molecular complexity index is 4940.